The van der Waals surface area contributed by atoms with E-state index in [0.29, 0.717) is 0 Å². The smallest absolute Gasteiger partial charge is 0.309 e. The molecule has 0 aromatic carbocycles. The van der Waals surface area contributed by atoms with Crippen LogP contribution in [0.4, 0.5) is 0 Å². The number of methoxy groups -OCH3 is 1. The molecular weight excluding hydrogens is 234 g/mol. The maximum atomic E-state index is 11.4. The van der Waals surface area contributed by atoms with Gasteiger partial charge in [0.25, 0.3) is 0 Å². The molecule has 0 fully saturated rings. The van der Waals surface area contributed by atoms with Gasteiger partial charge in [-0.1, -0.05) is 20.8 Å². The summed E-state index contributed by atoms with van der Waals surface area (Å²) < 4.78 is 5.04. The Morgan fingerprint density at radius 2 is 1.88 bits per heavy atom. The quantitative estimate of drug-likeness (QED) is 0.682. The molecule has 0 aliphatic rings. The lowest BCUT2D eigenvalue weighted by Gasteiger charge is -2.32. The van der Waals surface area contributed by atoms with Crippen molar-refractivity contribution in [2.75, 3.05) is 19.9 Å². The topological polar surface area (TPSA) is 38.3 Å². The van der Waals surface area contributed by atoms with Crippen molar-refractivity contribution < 1.29 is 9.53 Å². The fraction of sp³-hybridized carbons (Fsp3) is 0.923. The molecule has 0 aromatic rings. The zero-order valence-corrected chi connectivity index (χ0v) is 12.8. The van der Waals surface area contributed by atoms with Crippen LogP contribution in [0, 0.1) is 5.92 Å². The second-order valence-electron chi connectivity index (χ2n) is 4.58. The lowest BCUT2D eigenvalue weighted by Crippen LogP contribution is -2.44. The third-order valence-electron chi connectivity index (χ3n) is 3.79. The summed E-state index contributed by atoms with van der Waals surface area (Å²) in [7, 11) is 1.44. The van der Waals surface area contributed by atoms with E-state index in [4.69, 9.17) is 4.74 Å². The summed E-state index contributed by atoms with van der Waals surface area (Å²) in [5.41, 5.74) is 0. The Labute approximate surface area is 110 Å². The molecule has 0 saturated carbocycles. The number of rotatable bonds is 8. The Morgan fingerprint density at radius 3 is 2.24 bits per heavy atom. The minimum atomic E-state index is -0.146. The van der Waals surface area contributed by atoms with Gasteiger partial charge in [-0.05, 0) is 26.0 Å². The molecule has 17 heavy (non-hydrogen) atoms. The first-order valence-corrected chi connectivity index (χ1v) is 7.55. The molecule has 0 bridgehead atoms. The minimum absolute atomic E-state index is 0.103. The van der Waals surface area contributed by atoms with E-state index in [2.05, 4.69) is 25.4 Å². The number of carbonyl (C=O) groups excluding carboxylic acids is 1. The third kappa shape index (κ3) is 4.88. The normalized spacial score (nSPS) is 15.4. The van der Waals surface area contributed by atoms with E-state index in [-0.39, 0.29) is 22.7 Å². The summed E-state index contributed by atoms with van der Waals surface area (Å²) in [6.45, 7) is 9.32. The average molecular weight is 261 g/mol. The van der Waals surface area contributed by atoms with Crippen LogP contribution >= 0.6 is 11.8 Å². The van der Waals surface area contributed by atoms with Gasteiger partial charge < -0.3 is 10.1 Å². The monoisotopic (exact) mass is 261 g/mol. The molecule has 0 heterocycles. The van der Waals surface area contributed by atoms with Crippen molar-refractivity contribution >= 4 is 17.7 Å². The molecule has 0 rings (SSSR count). The van der Waals surface area contributed by atoms with Gasteiger partial charge in [-0.25, -0.2) is 0 Å². The van der Waals surface area contributed by atoms with Gasteiger partial charge in [0.15, 0.2) is 0 Å². The van der Waals surface area contributed by atoms with Crippen molar-refractivity contribution in [2.45, 2.75) is 51.3 Å². The van der Waals surface area contributed by atoms with Crippen LogP contribution in [0.25, 0.3) is 0 Å². The fourth-order valence-electron chi connectivity index (χ4n) is 1.77. The Bertz CT molecular complexity index is 221. The van der Waals surface area contributed by atoms with Gasteiger partial charge in [-0.15, -0.1) is 0 Å². The highest BCUT2D eigenvalue weighted by atomic mass is 32.2. The molecule has 102 valence electrons. The van der Waals surface area contributed by atoms with Crippen LogP contribution in [0.1, 0.15) is 40.5 Å². The van der Waals surface area contributed by atoms with Crippen molar-refractivity contribution in [2.24, 2.45) is 5.92 Å². The lowest BCUT2D eigenvalue weighted by atomic mass is 9.99. The van der Waals surface area contributed by atoms with Crippen molar-refractivity contribution in [1.82, 2.24) is 5.32 Å². The summed E-state index contributed by atoms with van der Waals surface area (Å²) in [6.07, 6.45) is 4.43. The van der Waals surface area contributed by atoms with Crippen LogP contribution in [0.5, 0.6) is 0 Å². The molecule has 0 aliphatic heterocycles. The largest absolute Gasteiger partial charge is 0.469 e. The standard InChI is InChI=1S/C13H27NO2S/c1-7-13(8-2,17-6)9-14-11(4)10(3)12(15)16-5/h10-11,14H,7-9H2,1-6H3. The summed E-state index contributed by atoms with van der Waals surface area (Å²) in [5, 5.41) is 3.47. The van der Waals surface area contributed by atoms with E-state index in [9.17, 15) is 4.79 Å². The predicted molar refractivity (Wildman–Crippen MR) is 75.5 cm³/mol. The average Bonchev–Trinajstić information content (AvgIpc) is 2.38. The van der Waals surface area contributed by atoms with Crippen molar-refractivity contribution in [1.29, 1.82) is 0 Å². The van der Waals surface area contributed by atoms with Gasteiger partial charge in [-0.2, -0.15) is 11.8 Å². The van der Waals surface area contributed by atoms with Gasteiger partial charge in [0.2, 0.25) is 0 Å². The third-order valence-corrected chi connectivity index (χ3v) is 5.38. The van der Waals surface area contributed by atoms with Crippen molar-refractivity contribution in [3.8, 4) is 0 Å². The van der Waals surface area contributed by atoms with Crippen molar-refractivity contribution in [3.63, 3.8) is 0 Å². The second kappa shape index (κ2) is 7.98. The Morgan fingerprint density at radius 1 is 1.35 bits per heavy atom. The highest BCUT2D eigenvalue weighted by Crippen LogP contribution is 2.29. The molecular formula is C13H27NO2S. The van der Waals surface area contributed by atoms with Gasteiger partial charge in [0.1, 0.15) is 0 Å². The number of nitrogens with one attached hydrogen (secondary N) is 1. The van der Waals surface area contributed by atoms with E-state index < -0.39 is 0 Å². The molecule has 0 spiro atoms. The molecule has 0 radical (unpaired) electrons. The number of esters is 1. The SMILES string of the molecule is CCC(CC)(CNC(C)C(C)C(=O)OC)SC. The zero-order valence-electron chi connectivity index (χ0n) is 12.0. The van der Waals surface area contributed by atoms with Crippen LogP contribution in [-0.4, -0.2) is 36.7 Å². The number of ether oxygens (including phenoxy) is 1. The van der Waals surface area contributed by atoms with E-state index in [1.165, 1.54) is 7.11 Å². The van der Waals surface area contributed by atoms with Crippen LogP contribution in [0.3, 0.4) is 0 Å². The first-order chi connectivity index (χ1) is 7.96. The lowest BCUT2D eigenvalue weighted by molar-refractivity contribution is -0.145. The second-order valence-corrected chi connectivity index (χ2v) is 5.85. The number of hydrogen-bond acceptors (Lipinski definition) is 4. The number of carbonyl (C=O) groups is 1. The molecule has 0 amide bonds. The Kier molecular flexibility index (Phi) is 7.88. The highest BCUT2D eigenvalue weighted by Gasteiger charge is 2.27. The summed E-state index contributed by atoms with van der Waals surface area (Å²) >= 11 is 1.91. The molecule has 0 aliphatic carbocycles. The minimum Gasteiger partial charge on any atom is -0.469 e. The summed E-state index contributed by atoms with van der Waals surface area (Å²) in [5.74, 6) is -0.249. The van der Waals surface area contributed by atoms with E-state index >= 15 is 0 Å². The highest BCUT2D eigenvalue weighted by molar-refractivity contribution is 8.00. The molecule has 0 aromatic heterocycles. The molecule has 4 heteroatoms. The van der Waals surface area contributed by atoms with E-state index in [0.717, 1.165) is 19.4 Å². The van der Waals surface area contributed by atoms with Gasteiger partial charge in [-0.3, -0.25) is 4.79 Å². The fourth-order valence-corrected chi connectivity index (χ4v) is 2.58. The van der Waals surface area contributed by atoms with E-state index in [1.807, 2.05) is 25.6 Å². The van der Waals surface area contributed by atoms with Gasteiger partial charge in [0, 0.05) is 17.3 Å². The zero-order chi connectivity index (χ0) is 13.5. The number of thioether (sulfide) groups is 1. The first kappa shape index (κ1) is 16.8. The van der Waals surface area contributed by atoms with Crippen LogP contribution in [-0.2, 0) is 9.53 Å². The number of hydrogen-bond donors (Lipinski definition) is 1. The predicted octanol–water partition coefficient (Wildman–Crippen LogP) is 2.70. The van der Waals surface area contributed by atoms with E-state index in [1.54, 1.807) is 0 Å². The molecule has 0 saturated heterocycles. The molecule has 2 unspecified atom stereocenters. The van der Waals surface area contributed by atoms with Crippen LogP contribution in [0.15, 0.2) is 0 Å². The first-order valence-electron chi connectivity index (χ1n) is 6.32. The van der Waals surface area contributed by atoms with Crippen LogP contribution < -0.4 is 5.32 Å². The Hall–Kier alpha value is -0.220. The Balaban J connectivity index is 4.30. The van der Waals surface area contributed by atoms with Crippen LogP contribution in [0.2, 0.25) is 0 Å². The molecule has 2 atom stereocenters. The summed E-state index contributed by atoms with van der Waals surface area (Å²) in [4.78, 5) is 11.4. The molecule has 1 N–H and O–H groups in total. The molecule has 3 nitrogen and oxygen atoms in total. The summed E-state index contributed by atoms with van der Waals surface area (Å²) in [6, 6.07) is 0.145. The maximum Gasteiger partial charge on any atom is 0.309 e. The van der Waals surface area contributed by atoms with Gasteiger partial charge >= 0.3 is 5.97 Å². The van der Waals surface area contributed by atoms with Gasteiger partial charge in [0.05, 0.1) is 13.0 Å². The van der Waals surface area contributed by atoms with Crippen molar-refractivity contribution in [3.05, 3.63) is 0 Å². The maximum absolute atomic E-state index is 11.4.